The Morgan fingerprint density at radius 3 is 2.60 bits per heavy atom. The standard InChI is InChI=1S/C14H22O/c1-13(2)7-4-8-14(3)10-6-5-9(11(10)13)12(14)15/h9-11H,4-8H2,1-3H3. The molecule has 0 amide bonds. The van der Waals surface area contributed by atoms with E-state index in [1.807, 2.05) is 0 Å². The highest BCUT2D eigenvalue weighted by Gasteiger charge is 2.64. The fourth-order valence-corrected chi connectivity index (χ4v) is 5.09. The minimum atomic E-state index is 0.0708. The summed E-state index contributed by atoms with van der Waals surface area (Å²) in [6, 6.07) is 0. The second-order valence-corrected chi connectivity index (χ2v) is 6.94. The van der Waals surface area contributed by atoms with Crippen LogP contribution in [0.3, 0.4) is 0 Å². The first kappa shape index (κ1) is 9.86. The van der Waals surface area contributed by atoms with Gasteiger partial charge in [-0.3, -0.25) is 4.79 Å². The molecule has 0 heterocycles. The van der Waals surface area contributed by atoms with Crippen LogP contribution >= 0.6 is 0 Å². The lowest BCUT2D eigenvalue weighted by Gasteiger charge is -2.33. The maximum atomic E-state index is 12.4. The van der Waals surface area contributed by atoms with Crippen molar-refractivity contribution in [3.63, 3.8) is 0 Å². The minimum absolute atomic E-state index is 0.0708. The maximum Gasteiger partial charge on any atom is 0.142 e. The van der Waals surface area contributed by atoms with Gasteiger partial charge in [0, 0.05) is 11.3 Å². The molecule has 84 valence electrons. The molecule has 3 saturated carbocycles. The van der Waals surface area contributed by atoms with E-state index in [-0.39, 0.29) is 5.41 Å². The molecule has 3 rings (SSSR count). The summed E-state index contributed by atoms with van der Waals surface area (Å²) in [4.78, 5) is 12.4. The third-order valence-electron chi connectivity index (χ3n) is 5.79. The Morgan fingerprint density at radius 2 is 1.87 bits per heavy atom. The van der Waals surface area contributed by atoms with E-state index in [4.69, 9.17) is 0 Å². The topological polar surface area (TPSA) is 17.1 Å². The lowest BCUT2D eigenvalue weighted by atomic mass is 9.70. The lowest BCUT2D eigenvalue weighted by Crippen LogP contribution is -2.33. The van der Waals surface area contributed by atoms with Crippen molar-refractivity contribution >= 4 is 5.78 Å². The van der Waals surface area contributed by atoms with Gasteiger partial charge in [0.15, 0.2) is 0 Å². The van der Waals surface area contributed by atoms with E-state index in [1.54, 1.807) is 0 Å². The Balaban J connectivity index is 2.10. The molecule has 0 aliphatic heterocycles. The molecule has 1 heteroatoms. The Bertz CT molecular complexity index is 317. The van der Waals surface area contributed by atoms with Crippen molar-refractivity contribution in [3.05, 3.63) is 0 Å². The molecular weight excluding hydrogens is 184 g/mol. The zero-order valence-corrected chi connectivity index (χ0v) is 10.2. The molecule has 3 aliphatic rings. The van der Waals surface area contributed by atoms with Crippen LogP contribution in [0.2, 0.25) is 0 Å². The number of Topliss-reactive ketones (excluding diaryl/α,β-unsaturated/α-hetero) is 1. The van der Waals surface area contributed by atoms with Crippen molar-refractivity contribution in [2.24, 2.45) is 28.6 Å². The van der Waals surface area contributed by atoms with Crippen molar-refractivity contribution in [2.75, 3.05) is 0 Å². The van der Waals surface area contributed by atoms with Crippen LogP contribution in [0.15, 0.2) is 0 Å². The zero-order chi connectivity index (χ0) is 10.8. The number of rotatable bonds is 0. The average molecular weight is 206 g/mol. The van der Waals surface area contributed by atoms with Gasteiger partial charge in [0.2, 0.25) is 0 Å². The van der Waals surface area contributed by atoms with Crippen LogP contribution in [0.25, 0.3) is 0 Å². The molecule has 15 heavy (non-hydrogen) atoms. The van der Waals surface area contributed by atoms with Gasteiger partial charge in [-0.1, -0.05) is 27.2 Å². The van der Waals surface area contributed by atoms with E-state index >= 15 is 0 Å². The summed E-state index contributed by atoms with van der Waals surface area (Å²) in [5, 5.41) is 0. The summed E-state index contributed by atoms with van der Waals surface area (Å²) in [6.07, 6.45) is 6.25. The summed E-state index contributed by atoms with van der Waals surface area (Å²) >= 11 is 0. The number of hydrogen-bond donors (Lipinski definition) is 0. The SMILES string of the molecule is CC1(C)CCCC2(C)C(=O)C3CCC2C31. The Labute approximate surface area is 92.6 Å². The molecule has 1 nitrogen and oxygen atoms in total. The Hall–Kier alpha value is -0.330. The third-order valence-corrected chi connectivity index (χ3v) is 5.79. The number of ketones is 1. The van der Waals surface area contributed by atoms with Gasteiger partial charge in [0.25, 0.3) is 0 Å². The van der Waals surface area contributed by atoms with Crippen molar-refractivity contribution in [1.82, 2.24) is 0 Å². The van der Waals surface area contributed by atoms with Crippen LogP contribution in [0.5, 0.6) is 0 Å². The Kier molecular flexibility index (Phi) is 1.76. The molecular formula is C14H22O. The van der Waals surface area contributed by atoms with E-state index in [2.05, 4.69) is 20.8 Å². The first-order valence-corrected chi connectivity index (χ1v) is 6.51. The predicted molar refractivity (Wildman–Crippen MR) is 60.5 cm³/mol. The second kappa shape index (κ2) is 2.67. The normalized spacial score (nSPS) is 51.9. The van der Waals surface area contributed by atoms with Crippen LogP contribution in [0.4, 0.5) is 0 Å². The highest BCUT2D eigenvalue weighted by molar-refractivity contribution is 5.91. The first-order valence-electron chi connectivity index (χ1n) is 6.51. The van der Waals surface area contributed by atoms with E-state index in [9.17, 15) is 4.79 Å². The lowest BCUT2D eigenvalue weighted by molar-refractivity contribution is -0.132. The van der Waals surface area contributed by atoms with Crippen molar-refractivity contribution in [2.45, 2.75) is 52.9 Å². The zero-order valence-electron chi connectivity index (χ0n) is 10.2. The molecule has 3 fully saturated rings. The molecule has 0 aromatic rings. The summed E-state index contributed by atoms with van der Waals surface area (Å²) < 4.78 is 0. The molecule has 4 unspecified atom stereocenters. The molecule has 0 saturated heterocycles. The summed E-state index contributed by atoms with van der Waals surface area (Å²) in [5.41, 5.74) is 0.483. The highest BCUT2D eigenvalue weighted by Crippen LogP contribution is 2.66. The molecule has 0 spiro atoms. The number of hydrogen-bond acceptors (Lipinski definition) is 1. The summed E-state index contributed by atoms with van der Waals surface area (Å²) in [5.74, 6) is 2.47. The monoisotopic (exact) mass is 206 g/mol. The van der Waals surface area contributed by atoms with Gasteiger partial charge in [-0.05, 0) is 42.9 Å². The van der Waals surface area contributed by atoms with Crippen molar-refractivity contribution in [1.29, 1.82) is 0 Å². The maximum absolute atomic E-state index is 12.4. The molecule has 0 radical (unpaired) electrons. The summed E-state index contributed by atoms with van der Waals surface area (Å²) in [7, 11) is 0. The third kappa shape index (κ3) is 1.02. The van der Waals surface area contributed by atoms with Crippen LogP contribution in [0.1, 0.15) is 52.9 Å². The fraction of sp³-hybridized carbons (Fsp3) is 0.929. The van der Waals surface area contributed by atoms with Gasteiger partial charge in [0.1, 0.15) is 5.78 Å². The van der Waals surface area contributed by atoms with Crippen LogP contribution in [-0.2, 0) is 4.79 Å². The van der Waals surface area contributed by atoms with Crippen LogP contribution in [0, 0.1) is 28.6 Å². The molecule has 0 N–H and O–H groups in total. The molecule has 0 aromatic carbocycles. The number of carbonyl (C=O) groups excluding carboxylic acids is 1. The first-order chi connectivity index (χ1) is 6.97. The van der Waals surface area contributed by atoms with Gasteiger partial charge < -0.3 is 0 Å². The molecule has 4 atom stereocenters. The molecule has 4 bridgehead atoms. The van der Waals surface area contributed by atoms with Gasteiger partial charge in [-0.15, -0.1) is 0 Å². The Morgan fingerprint density at radius 1 is 1.13 bits per heavy atom. The smallest absolute Gasteiger partial charge is 0.142 e. The predicted octanol–water partition coefficient (Wildman–Crippen LogP) is 3.43. The van der Waals surface area contributed by atoms with E-state index in [0.717, 1.165) is 6.42 Å². The highest BCUT2D eigenvalue weighted by atomic mass is 16.1. The van der Waals surface area contributed by atoms with Crippen LogP contribution < -0.4 is 0 Å². The summed E-state index contributed by atoms with van der Waals surface area (Å²) in [6.45, 7) is 7.05. The second-order valence-electron chi connectivity index (χ2n) is 6.94. The van der Waals surface area contributed by atoms with Crippen LogP contribution in [-0.4, -0.2) is 5.78 Å². The quantitative estimate of drug-likeness (QED) is 0.593. The largest absolute Gasteiger partial charge is 0.299 e. The number of carbonyl (C=O) groups is 1. The van der Waals surface area contributed by atoms with Gasteiger partial charge in [-0.25, -0.2) is 0 Å². The fourth-order valence-electron chi connectivity index (χ4n) is 5.09. The van der Waals surface area contributed by atoms with E-state index < -0.39 is 0 Å². The average Bonchev–Trinajstić information content (AvgIpc) is 2.63. The molecule has 3 aliphatic carbocycles. The van der Waals surface area contributed by atoms with Crippen molar-refractivity contribution in [3.8, 4) is 0 Å². The minimum Gasteiger partial charge on any atom is -0.299 e. The van der Waals surface area contributed by atoms with Gasteiger partial charge >= 0.3 is 0 Å². The van der Waals surface area contributed by atoms with Gasteiger partial charge in [-0.2, -0.15) is 0 Å². The van der Waals surface area contributed by atoms with Gasteiger partial charge in [0.05, 0.1) is 0 Å². The van der Waals surface area contributed by atoms with Crippen molar-refractivity contribution < 1.29 is 4.79 Å². The molecule has 0 aromatic heterocycles. The van der Waals surface area contributed by atoms with E-state index in [0.29, 0.717) is 29.0 Å². The van der Waals surface area contributed by atoms with E-state index in [1.165, 1.54) is 25.7 Å².